The highest BCUT2D eigenvalue weighted by atomic mass is 16.7. The van der Waals surface area contributed by atoms with Crippen molar-refractivity contribution in [3.8, 4) is 11.5 Å². The number of carbonyl (C=O) groups excluding carboxylic acids is 2. The minimum absolute atomic E-state index is 0.208. The van der Waals surface area contributed by atoms with Gasteiger partial charge in [0, 0.05) is 32.7 Å². The first-order valence-electron chi connectivity index (χ1n) is 12.0. The molecule has 1 atom stereocenters. The Bertz CT molecular complexity index is 1300. The summed E-state index contributed by atoms with van der Waals surface area (Å²) in [7, 11) is 0. The van der Waals surface area contributed by atoms with Crippen molar-refractivity contribution in [3.05, 3.63) is 71.8 Å². The summed E-state index contributed by atoms with van der Waals surface area (Å²) in [6.45, 7) is 6.49. The number of hydrogen-bond donors (Lipinski definition) is 1. The van der Waals surface area contributed by atoms with Crippen LogP contribution in [0.3, 0.4) is 0 Å². The number of piperazine rings is 1. The van der Waals surface area contributed by atoms with E-state index in [0.717, 1.165) is 60.6 Å². The summed E-state index contributed by atoms with van der Waals surface area (Å²) in [6, 6.07) is 19.7. The van der Waals surface area contributed by atoms with E-state index in [0.29, 0.717) is 6.67 Å². The summed E-state index contributed by atoms with van der Waals surface area (Å²) in [5.74, 6) is 1.39. The van der Waals surface area contributed by atoms with Crippen molar-refractivity contribution >= 4 is 22.7 Å². The molecule has 0 unspecified atom stereocenters. The molecule has 3 amide bonds. The van der Waals surface area contributed by atoms with Gasteiger partial charge in [-0.2, -0.15) is 0 Å². The first-order chi connectivity index (χ1) is 17.0. The fourth-order valence-corrected chi connectivity index (χ4v) is 5.11. The van der Waals surface area contributed by atoms with Gasteiger partial charge in [-0.1, -0.05) is 42.5 Å². The Kier molecular flexibility index (Phi) is 5.35. The van der Waals surface area contributed by atoms with Crippen LogP contribution >= 0.6 is 0 Å². The zero-order valence-electron chi connectivity index (χ0n) is 19.7. The Morgan fingerprint density at radius 1 is 0.857 bits per heavy atom. The van der Waals surface area contributed by atoms with Gasteiger partial charge >= 0.3 is 6.03 Å². The lowest BCUT2D eigenvalue weighted by atomic mass is 9.90. The third kappa shape index (κ3) is 3.98. The molecule has 3 aromatic carbocycles. The van der Waals surface area contributed by atoms with Crippen LogP contribution in [0.1, 0.15) is 18.1 Å². The lowest BCUT2D eigenvalue weighted by Crippen LogP contribution is -2.51. The van der Waals surface area contributed by atoms with E-state index >= 15 is 0 Å². The summed E-state index contributed by atoms with van der Waals surface area (Å²) in [5, 5.41) is 5.09. The first kappa shape index (κ1) is 21.9. The molecule has 0 spiro atoms. The van der Waals surface area contributed by atoms with Crippen LogP contribution in [0, 0.1) is 0 Å². The maximum Gasteiger partial charge on any atom is 0.326 e. The molecule has 0 radical (unpaired) electrons. The van der Waals surface area contributed by atoms with E-state index in [9.17, 15) is 9.59 Å². The van der Waals surface area contributed by atoms with E-state index in [4.69, 9.17) is 9.47 Å². The molecule has 0 bridgehead atoms. The number of urea groups is 1. The van der Waals surface area contributed by atoms with Crippen LogP contribution in [0.2, 0.25) is 0 Å². The van der Waals surface area contributed by atoms with Crippen LogP contribution in [0.15, 0.2) is 60.7 Å². The third-order valence-corrected chi connectivity index (χ3v) is 7.25. The molecule has 6 rings (SSSR count). The van der Waals surface area contributed by atoms with Crippen molar-refractivity contribution in [2.75, 3.05) is 39.6 Å². The molecular formula is C27H28N4O4. The van der Waals surface area contributed by atoms with E-state index in [-0.39, 0.29) is 18.7 Å². The van der Waals surface area contributed by atoms with Crippen LogP contribution in [-0.4, -0.2) is 66.3 Å². The number of fused-ring (bicyclic) bond motifs is 2. The smallest absolute Gasteiger partial charge is 0.326 e. The van der Waals surface area contributed by atoms with Gasteiger partial charge < -0.3 is 14.8 Å². The predicted molar refractivity (Wildman–Crippen MR) is 131 cm³/mol. The molecular weight excluding hydrogens is 444 g/mol. The fourth-order valence-electron chi connectivity index (χ4n) is 5.11. The molecule has 0 aromatic heterocycles. The second-order valence-electron chi connectivity index (χ2n) is 9.57. The fraction of sp³-hybridized carbons (Fsp3) is 0.333. The van der Waals surface area contributed by atoms with Crippen LogP contribution in [0.4, 0.5) is 4.79 Å². The largest absolute Gasteiger partial charge is 0.454 e. The number of rotatable bonds is 5. The summed E-state index contributed by atoms with van der Waals surface area (Å²) < 4.78 is 10.9. The lowest BCUT2D eigenvalue weighted by Gasteiger charge is -2.36. The average molecular weight is 473 g/mol. The summed E-state index contributed by atoms with van der Waals surface area (Å²) in [4.78, 5) is 32.2. The maximum atomic E-state index is 13.4. The molecule has 3 aliphatic rings. The van der Waals surface area contributed by atoms with Gasteiger partial charge in [-0.15, -0.1) is 0 Å². The van der Waals surface area contributed by atoms with E-state index in [1.807, 2.05) is 54.6 Å². The normalized spacial score (nSPS) is 22.7. The molecule has 35 heavy (non-hydrogen) atoms. The second-order valence-corrected chi connectivity index (χ2v) is 9.57. The standard InChI is InChI=1S/C27H28N4O4/c1-27(22-8-7-20-4-2-3-5-21(20)15-22)25(32)31(26(33)28-27)17-30-12-10-29(11-13-30)16-19-6-9-23-24(14-19)35-18-34-23/h2-9,14-15H,10-13,16-18H2,1H3,(H,28,33)/t27-/m0/s1. The lowest BCUT2D eigenvalue weighted by molar-refractivity contribution is -0.132. The number of benzene rings is 3. The number of nitrogens with zero attached hydrogens (tertiary/aromatic N) is 3. The monoisotopic (exact) mass is 472 g/mol. The van der Waals surface area contributed by atoms with Crippen molar-refractivity contribution in [3.63, 3.8) is 0 Å². The quantitative estimate of drug-likeness (QED) is 0.576. The van der Waals surface area contributed by atoms with Gasteiger partial charge in [0.2, 0.25) is 6.79 Å². The maximum absolute atomic E-state index is 13.4. The van der Waals surface area contributed by atoms with Crippen molar-refractivity contribution in [1.82, 2.24) is 20.0 Å². The Labute approximate surface area is 204 Å². The summed E-state index contributed by atoms with van der Waals surface area (Å²) >= 11 is 0. The minimum Gasteiger partial charge on any atom is -0.454 e. The Balaban J connectivity index is 1.09. The zero-order valence-corrected chi connectivity index (χ0v) is 19.7. The molecule has 0 aliphatic carbocycles. The number of ether oxygens (including phenoxy) is 2. The number of amides is 3. The summed E-state index contributed by atoms with van der Waals surface area (Å²) in [6.07, 6.45) is 0. The number of imide groups is 1. The van der Waals surface area contributed by atoms with Gasteiger partial charge in [0.25, 0.3) is 5.91 Å². The first-order valence-corrected chi connectivity index (χ1v) is 12.0. The molecule has 3 aliphatic heterocycles. The minimum atomic E-state index is -1.07. The highest BCUT2D eigenvalue weighted by Gasteiger charge is 2.49. The summed E-state index contributed by atoms with van der Waals surface area (Å²) in [5.41, 5.74) is 0.913. The van der Waals surface area contributed by atoms with E-state index in [2.05, 4.69) is 21.2 Å². The van der Waals surface area contributed by atoms with Crippen LogP contribution in [0.5, 0.6) is 11.5 Å². The van der Waals surface area contributed by atoms with Crippen molar-refractivity contribution < 1.29 is 19.1 Å². The van der Waals surface area contributed by atoms with Crippen molar-refractivity contribution in [2.45, 2.75) is 19.0 Å². The highest BCUT2D eigenvalue weighted by molar-refractivity contribution is 6.07. The Morgan fingerprint density at radius 3 is 2.43 bits per heavy atom. The molecule has 3 heterocycles. The molecule has 3 aromatic rings. The average Bonchev–Trinajstić information content (AvgIpc) is 3.43. The van der Waals surface area contributed by atoms with Gasteiger partial charge in [0.15, 0.2) is 11.5 Å². The second kappa shape index (κ2) is 8.55. The topological polar surface area (TPSA) is 74.4 Å². The zero-order chi connectivity index (χ0) is 24.0. The van der Waals surface area contributed by atoms with Gasteiger partial charge in [-0.3, -0.25) is 14.6 Å². The number of nitrogens with one attached hydrogen (secondary N) is 1. The predicted octanol–water partition coefficient (Wildman–Crippen LogP) is 3.11. The number of hydrogen-bond acceptors (Lipinski definition) is 6. The van der Waals surface area contributed by atoms with E-state index in [1.54, 1.807) is 6.92 Å². The van der Waals surface area contributed by atoms with Gasteiger partial charge in [0.1, 0.15) is 5.54 Å². The van der Waals surface area contributed by atoms with Crippen LogP contribution in [0.25, 0.3) is 10.8 Å². The SMILES string of the molecule is C[C@@]1(c2ccc3ccccc3c2)NC(=O)N(CN2CCN(Cc3ccc4c(c3)OCO4)CC2)C1=O. The van der Waals surface area contributed by atoms with Gasteiger partial charge in [0.05, 0.1) is 6.67 Å². The molecule has 2 fully saturated rings. The highest BCUT2D eigenvalue weighted by Crippen LogP contribution is 2.33. The molecule has 8 heteroatoms. The molecule has 2 saturated heterocycles. The number of carbonyl (C=O) groups is 2. The van der Waals surface area contributed by atoms with Gasteiger partial charge in [-0.25, -0.2) is 9.69 Å². The molecule has 8 nitrogen and oxygen atoms in total. The molecule has 1 N–H and O–H groups in total. The Morgan fingerprint density at radius 2 is 1.60 bits per heavy atom. The van der Waals surface area contributed by atoms with Crippen molar-refractivity contribution in [1.29, 1.82) is 0 Å². The van der Waals surface area contributed by atoms with Crippen LogP contribution < -0.4 is 14.8 Å². The molecule has 0 saturated carbocycles. The van der Waals surface area contributed by atoms with Gasteiger partial charge in [-0.05, 0) is 47.0 Å². The van der Waals surface area contributed by atoms with E-state index < -0.39 is 5.54 Å². The van der Waals surface area contributed by atoms with Crippen LogP contribution in [-0.2, 0) is 16.9 Å². The molecule has 180 valence electrons. The van der Waals surface area contributed by atoms with Crippen molar-refractivity contribution in [2.24, 2.45) is 0 Å². The van der Waals surface area contributed by atoms with E-state index in [1.165, 1.54) is 10.5 Å². The third-order valence-electron chi connectivity index (χ3n) is 7.25. The Hall–Kier alpha value is -3.62.